The molecular formula is C19H18ClN5O2. The molecule has 138 valence electrons. The van der Waals surface area contributed by atoms with E-state index in [2.05, 4.69) is 15.3 Å². The highest BCUT2D eigenvalue weighted by Crippen LogP contribution is 2.31. The zero-order valence-electron chi connectivity index (χ0n) is 15.0. The van der Waals surface area contributed by atoms with E-state index in [4.69, 9.17) is 18.2 Å². The highest BCUT2D eigenvalue weighted by Gasteiger charge is 2.36. The summed E-state index contributed by atoms with van der Waals surface area (Å²) < 4.78 is 1.78. The van der Waals surface area contributed by atoms with Crippen LogP contribution in [0.25, 0.3) is 4.85 Å². The lowest BCUT2D eigenvalue weighted by molar-refractivity contribution is 0.0654. The van der Waals surface area contributed by atoms with Crippen molar-refractivity contribution >= 4 is 29.1 Å². The van der Waals surface area contributed by atoms with Gasteiger partial charge in [-0.1, -0.05) is 23.7 Å². The highest BCUT2D eigenvalue weighted by molar-refractivity contribution is 6.33. The predicted octanol–water partition coefficient (Wildman–Crippen LogP) is 2.98. The van der Waals surface area contributed by atoms with E-state index in [0.717, 1.165) is 11.3 Å². The first-order chi connectivity index (χ1) is 12.9. The van der Waals surface area contributed by atoms with Gasteiger partial charge in [0.2, 0.25) is 5.69 Å². The lowest BCUT2D eigenvalue weighted by Crippen LogP contribution is -2.43. The molecule has 2 aliphatic heterocycles. The fourth-order valence-electron chi connectivity index (χ4n) is 3.70. The van der Waals surface area contributed by atoms with E-state index in [1.54, 1.807) is 21.7 Å². The maximum atomic E-state index is 13.1. The van der Waals surface area contributed by atoms with E-state index in [1.165, 1.54) is 6.07 Å². The molecule has 0 unspecified atom stereocenters. The molecule has 3 heterocycles. The van der Waals surface area contributed by atoms with Crippen LogP contribution in [-0.4, -0.2) is 39.1 Å². The molecule has 0 saturated carbocycles. The van der Waals surface area contributed by atoms with Gasteiger partial charge in [-0.15, -0.1) is 0 Å². The van der Waals surface area contributed by atoms with E-state index in [9.17, 15) is 9.59 Å². The number of carbonyl (C=O) groups is 2. The highest BCUT2D eigenvalue weighted by atomic mass is 35.5. The van der Waals surface area contributed by atoms with Gasteiger partial charge in [0.1, 0.15) is 5.69 Å². The van der Waals surface area contributed by atoms with Gasteiger partial charge >= 0.3 is 0 Å². The molecule has 27 heavy (non-hydrogen) atoms. The Balaban J connectivity index is 1.71. The number of nitrogens with zero attached hydrogens (tertiary/aromatic N) is 4. The average molecular weight is 384 g/mol. The molecule has 2 aromatic rings. The van der Waals surface area contributed by atoms with E-state index < -0.39 is 0 Å². The number of rotatable bonds is 1. The monoisotopic (exact) mass is 383 g/mol. The van der Waals surface area contributed by atoms with Gasteiger partial charge in [-0.3, -0.25) is 14.3 Å². The minimum Gasteiger partial charge on any atom is -0.349 e. The van der Waals surface area contributed by atoms with Gasteiger partial charge in [-0.2, -0.15) is 5.10 Å². The number of aromatic nitrogens is 2. The number of fused-ring (bicyclic) bond motifs is 3. The topological polar surface area (TPSA) is 71.6 Å². The molecule has 0 spiro atoms. The van der Waals surface area contributed by atoms with Gasteiger partial charge in [0, 0.05) is 35.2 Å². The summed E-state index contributed by atoms with van der Waals surface area (Å²) in [4.78, 5) is 30.6. The van der Waals surface area contributed by atoms with Crippen LogP contribution < -0.4 is 5.32 Å². The number of carbonyl (C=O) groups excluding carboxylic acids is 2. The molecule has 2 atom stereocenters. The Bertz CT molecular complexity index is 1010. The van der Waals surface area contributed by atoms with Crippen LogP contribution in [0.4, 0.5) is 5.69 Å². The SMILES string of the molecule is [C-]#[N+]c1cc(C(=O)N2Cc3c(nn4c3C(=O)NC[C@H]4C)C[C@H]2C)ccc1Cl. The van der Waals surface area contributed by atoms with Crippen LogP contribution in [0.5, 0.6) is 0 Å². The summed E-state index contributed by atoms with van der Waals surface area (Å²) in [6.07, 6.45) is 0.588. The Hall–Kier alpha value is -2.85. The summed E-state index contributed by atoms with van der Waals surface area (Å²) in [5.41, 5.74) is 2.91. The number of nitrogens with one attached hydrogen (secondary N) is 1. The molecule has 0 radical (unpaired) electrons. The lowest BCUT2D eigenvalue weighted by Gasteiger charge is -2.33. The molecule has 2 aliphatic rings. The van der Waals surface area contributed by atoms with Crippen molar-refractivity contribution in [2.24, 2.45) is 0 Å². The standard InChI is InChI=1S/C19H18ClN5O2/c1-10-6-15-13(17-18(26)22-8-11(2)25(17)23-15)9-24(10)19(27)12-4-5-14(20)16(7-12)21-3/h4-5,7,10-11H,6,8-9H2,1-2H3,(H,22,26)/t10-,11-/m1/s1. The minimum atomic E-state index is -0.182. The minimum absolute atomic E-state index is 0.0626. The van der Waals surface area contributed by atoms with Crippen molar-refractivity contribution in [3.63, 3.8) is 0 Å². The molecule has 2 amide bonds. The van der Waals surface area contributed by atoms with E-state index in [1.807, 2.05) is 13.8 Å². The van der Waals surface area contributed by atoms with Gasteiger partial charge in [0.15, 0.2) is 0 Å². The molecule has 0 fully saturated rings. The Morgan fingerprint density at radius 1 is 1.37 bits per heavy atom. The largest absolute Gasteiger partial charge is 0.349 e. The third kappa shape index (κ3) is 2.77. The van der Waals surface area contributed by atoms with Gasteiger partial charge in [0.25, 0.3) is 11.8 Å². The zero-order chi connectivity index (χ0) is 19.3. The van der Waals surface area contributed by atoms with Crippen LogP contribution in [0.15, 0.2) is 18.2 Å². The fraction of sp³-hybridized carbons (Fsp3) is 0.368. The van der Waals surface area contributed by atoms with Crippen molar-refractivity contribution in [2.75, 3.05) is 6.54 Å². The third-order valence-corrected chi connectivity index (χ3v) is 5.53. The summed E-state index contributed by atoms with van der Waals surface area (Å²) in [5, 5.41) is 7.85. The predicted molar refractivity (Wildman–Crippen MR) is 100 cm³/mol. The molecule has 8 heteroatoms. The number of hydrogen-bond donors (Lipinski definition) is 1. The average Bonchev–Trinajstić information content (AvgIpc) is 3.03. The second-order valence-electron chi connectivity index (χ2n) is 7.04. The summed E-state index contributed by atoms with van der Waals surface area (Å²) in [6.45, 7) is 12.0. The van der Waals surface area contributed by atoms with Crippen LogP contribution in [0.3, 0.4) is 0 Å². The molecular weight excluding hydrogens is 366 g/mol. The molecule has 0 bridgehead atoms. The van der Waals surface area contributed by atoms with Crippen molar-refractivity contribution in [1.29, 1.82) is 0 Å². The molecule has 1 aromatic carbocycles. The van der Waals surface area contributed by atoms with E-state index >= 15 is 0 Å². The molecule has 0 aliphatic carbocycles. The Kier molecular flexibility index (Phi) is 4.16. The lowest BCUT2D eigenvalue weighted by atomic mass is 9.97. The third-order valence-electron chi connectivity index (χ3n) is 5.21. The maximum Gasteiger partial charge on any atom is 0.270 e. The summed E-state index contributed by atoms with van der Waals surface area (Å²) in [6, 6.07) is 4.73. The van der Waals surface area contributed by atoms with Crippen molar-refractivity contribution in [2.45, 2.75) is 38.9 Å². The number of benzene rings is 1. The molecule has 1 N–H and O–H groups in total. The zero-order valence-corrected chi connectivity index (χ0v) is 15.7. The maximum absolute atomic E-state index is 13.1. The summed E-state index contributed by atoms with van der Waals surface area (Å²) >= 11 is 5.98. The first-order valence-electron chi connectivity index (χ1n) is 8.77. The second-order valence-corrected chi connectivity index (χ2v) is 7.45. The summed E-state index contributed by atoms with van der Waals surface area (Å²) in [5.74, 6) is -0.329. The number of amides is 2. The second kappa shape index (κ2) is 6.39. The van der Waals surface area contributed by atoms with Crippen LogP contribution >= 0.6 is 11.6 Å². The number of halogens is 1. The van der Waals surface area contributed by atoms with Gasteiger partial charge in [-0.25, -0.2) is 4.85 Å². The van der Waals surface area contributed by atoms with Crippen LogP contribution in [0.1, 0.15) is 52.0 Å². The first-order valence-corrected chi connectivity index (χ1v) is 9.15. The van der Waals surface area contributed by atoms with Crippen LogP contribution in [0.2, 0.25) is 5.02 Å². The van der Waals surface area contributed by atoms with E-state index in [0.29, 0.717) is 35.8 Å². The van der Waals surface area contributed by atoms with Crippen molar-refractivity contribution in [1.82, 2.24) is 20.0 Å². The molecule has 0 saturated heterocycles. The Morgan fingerprint density at radius 3 is 2.89 bits per heavy atom. The van der Waals surface area contributed by atoms with Crippen LogP contribution in [0, 0.1) is 6.57 Å². The van der Waals surface area contributed by atoms with Crippen LogP contribution in [-0.2, 0) is 13.0 Å². The van der Waals surface area contributed by atoms with Crippen molar-refractivity contribution < 1.29 is 9.59 Å². The van der Waals surface area contributed by atoms with Gasteiger partial charge in [-0.05, 0) is 19.9 Å². The molecule has 4 rings (SSSR count). The first kappa shape index (κ1) is 17.6. The normalized spacial score (nSPS) is 21.1. The molecule has 7 nitrogen and oxygen atoms in total. The Morgan fingerprint density at radius 2 is 2.15 bits per heavy atom. The fourth-order valence-corrected chi connectivity index (χ4v) is 3.86. The smallest absolute Gasteiger partial charge is 0.270 e. The summed E-state index contributed by atoms with van der Waals surface area (Å²) in [7, 11) is 0. The van der Waals surface area contributed by atoms with E-state index in [-0.39, 0.29) is 29.6 Å². The van der Waals surface area contributed by atoms with Gasteiger partial charge in [0.05, 0.1) is 24.9 Å². The quantitative estimate of drug-likeness (QED) is 0.769. The molecule has 1 aromatic heterocycles. The number of hydrogen-bond acceptors (Lipinski definition) is 3. The van der Waals surface area contributed by atoms with Gasteiger partial charge < -0.3 is 10.2 Å². The Labute approximate surface area is 161 Å². The van der Waals surface area contributed by atoms with Crippen molar-refractivity contribution in [3.05, 3.63) is 57.2 Å². The van der Waals surface area contributed by atoms with Crippen molar-refractivity contribution in [3.8, 4) is 0 Å².